The van der Waals surface area contributed by atoms with E-state index in [0.29, 0.717) is 17.5 Å². The van der Waals surface area contributed by atoms with Crippen molar-refractivity contribution in [2.45, 2.75) is 64.0 Å². The van der Waals surface area contributed by atoms with Crippen LogP contribution in [0.3, 0.4) is 0 Å². The zero-order valence-corrected chi connectivity index (χ0v) is 16.7. The van der Waals surface area contributed by atoms with Gasteiger partial charge in [0.05, 0.1) is 12.1 Å². The van der Waals surface area contributed by atoms with Gasteiger partial charge in [0.15, 0.2) is 0 Å². The number of aromatic nitrogens is 1. The molecule has 6 nitrogen and oxygen atoms in total. The SMILES string of the molecule is CCOC(=O)c1cn(C2CC2)c2cc(C3CCC(NC(C)=O)C3)c(F)cc2c1=O. The summed E-state index contributed by atoms with van der Waals surface area (Å²) < 4.78 is 22.0. The minimum atomic E-state index is -0.674. The molecule has 0 radical (unpaired) electrons. The highest BCUT2D eigenvalue weighted by atomic mass is 19.1. The van der Waals surface area contributed by atoms with Crippen molar-refractivity contribution in [2.75, 3.05) is 6.61 Å². The van der Waals surface area contributed by atoms with Gasteiger partial charge in [0.25, 0.3) is 0 Å². The predicted octanol–water partition coefficient (Wildman–Crippen LogP) is 3.42. The first-order valence-electron chi connectivity index (χ1n) is 10.2. The van der Waals surface area contributed by atoms with E-state index in [-0.39, 0.29) is 41.5 Å². The molecule has 2 aromatic rings. The third-order valence-electron chi connectivity index (χ3n) is 5.87. The molecule has 0 bridgehead atoms. The summed E-state index contributed by atoms with van der Waals surface area (Å²) in [5.41, 5.74) is 0.682. The fourth-order valence-corrected chi connectivity index (χ4v) is 4.39. The number of rotatable bonds is 5. The average molecular weight is 400 g/mol. The summed E-state index contributed by atoms with van der Waals surface area (Å²) in [7, 11) is 0. The standard InChI is InChI=1S/C22H25FN2O4/c1-3-29-22(28)18-11-25(15-6-7-15)20-10-16(19(23)9-17(20)21(18)27)13-4-5-14(8-13)24-12(2)26/h9-11,13-15H,3-8H2,1-2H3,(H,24,26). The summed E-state index contributed by atoms with van der Waals surface area (Å²) in [5, 5.41) is 3.12. The Morgan fingerprint density at radius 3 is 2.66 bits per heavy atom. The van der Waals surface area contributed by atoms with Crippen LogP contribution in [0.25, 0.3) is 10.9 Å². The van der Waals surface area contributed by atoms with Crippen LogP contribution in [0.5, 0.6) is 0 Å². The molecule has 2 aliphatic carbocycles. The van der Waals surface area contributed by atoms with Crippen LogP contribution in [0.2, 0.25) is 0 Å². The number of benzene rings is 1. The molecule has 2 atom stereocenters. The van der Waals surface area contributed by atoms with Crippen molar-refractivity contribution >= 4 is 22.8 Å². The van der Waals surface area contributed by atoms with E-state index in [2.05, 4.69) is 5.32 Å². The fraction of sp³-hybridized carbons (Fsp3) is 0.500. The highest BCUT2D eigenvalue weighted by Gasteiger charge is 2.31. The zero-order valence-electron chi connectivity index (χ0n) is 16.7. The Morgan fingerprint density at radius 1 is 1.24 bits per heavy atom. The van der Waals surface area contributed by atoms with Gasteiger partial charge in [-0.15, -0.1) is 0 Å². The summed E-state index contributed by atoms with van der Waals surface area (Å²) in [6.45, 7) is 3.34. The first-order chi connectivity index (χ1) is 13.9. The van der Waals surface area contributed by atoms with Gasteiger partial charge in [0.2, 0.25) is 11.3 Å². The number of halogens is 1. The molecule has 2 aliphatic rings. The number of carbonyl (C=O) groups excluding carboxylic acids is 2. The van der Waals surface area contributed by atoms with E-state index in [0.717, 1.165) is 25.7 Å². The van der Waals surface area contributed by atoms with Crippen molar-refractivity contribution < 1.29 is 18.7 Å². The van der Waals surface area contributed by atoms with Gasteiger partial charge in [-0.3, -0.25) is 9.59 Å². The van der Waals surface area contributed by atoms with Crippen molar-refractivity contribution in [3.05, 3.63) is 45.5 Å². The molecule has 1 aromatic carbocycles. The van der Waals surface area contributed by atoms with Crippen LogP contribution in [-0.4, -0.2) is 29.1 Å². The number of nitrogens with zero attached hydrogens (tertiary/aromatic N) is 1. The van der Waals surface area contributed by atoms with Crippen LogP contribution >= 0.6 is 0 Å². The largest absolute Gasteiger partial charge is 0.462 e. The predicted molar refractivity (Wildman–Crippen MR) is 107 cm³/mol. The number of nitrogens with one attached hydrogen (secondary N) is 1. The minimum Gasteiger partial charge on any atom is -0.462 e. The van der Waals surface area contributed by atoms with Gasteiger partial charge < -0.3 is 14.6 Å². The Labute approximate surface area is 168 Å². The third-order valence-corrected chi connectivity index (χ3v) is 5.87. The Kier molecular flexibility index (Phi) is 5.15. The molecule has 0 spiro atoms. The van der Waals surface area contributed by atoms with Crippen LogP contribution in [-0.2, 0) is 9.53 Å². The molecule has 0 saturated heterocycles. The molecular weight excluding hydrogens is 375 g/mol. The van der Waals surface area contributed by atoms with Gasteiger partial charge in [-0.25, -0.2) is 9.18 Å². The lowest BCUT2D eigenvalue weighted by Gasteiger charge is -2.17. The average Bonchev–Trinajstić information content (AvgIpc) is 3.41. The summed E-state index contributed by atoms with van der Waals surface area (Å²) in [6.07, 6.45) is 5.75. The maximum atomic E-state index is 15.0. The molecule has 0 aliphatic heterocycles. The molecule has 2 unspecified atom stereocenters. The van der Waals surface area contributed by atoms with E-state index in [9.17, 15) is 14.4 Å². The monoisotopic (exact) mass is 400 g/mol. The van der Waals surface area contributed by atoms with Crippen LogP contribution in [0.1, 0.15) is 73.8 Å². The van der Waals surface area contributed by atoms with E-state index in [1.54, 1.807) is 19.2 Å². The molecule has 1 amide bonds. The first kappa shape index (κ1) is 19.6. The summed E-state index contributed by atoms with van der Waals surface area (Å²) in [5.74, 6) is -1.20. The zero-order chi connectivity index (χ0) is 20.7. The highest BCUT2D eigenvalue weighted by Crippen LogP contribution is 2.40. The topological polar surface area (TPSA) is 77.4 Å². The Hall–Kier alpha value is -2.70. The van der Waals surface area contributed by atoms with Gasteiger partial charge in [-0.2, -0.15) is 0 Å². The van der Waals surface area contributed by atoms with Crippen LogP contribution in [0.4, 0.5) is 4.39 Å². The van der Waals surface area contributed by atoms with E-state index in [1.165, 1.54) is 13.0 Å². The highest BCUT2D eigenvalue weighted by molar-refractivity contribution is 5.94. The molecule has 2 fully saturated rings. The molecule has 1 N–H and O–H groups in total. The second-order valence-corrected chi connectivity index (χ2v) is 8.03. The van der Waals surface area contributed by atoms with E-state index in [1.807, 2.05) is 4.57 Å². The Balaban J connectivity index is 1.78. The third kappa shape index (κ3) is 3.78. The molecule has 7 heteroatoms. The van der Waals surface area contributed by atoms with Gasteiger partial charge in [-0.05, 0) is 62.6 Å². The van der Waals surface area contributed by atoms with Gasteiger partial charge >= 0.3 is 5.97 Å². The molecule has 29 heavy (non-hydrogen) atoms. The molecule has 1 heterocycles. The number of amides is 1. The van der Waals surface area contributed by atoms with Gasteiger partial charge in [0.1, 0.15) is 11.4 Å². The molecule has 154 valence electrons. The summed E-state index contributed by atoms with van der Waals surface area (Å²) >= 11 is 0. The Morgan fingerprint density at radius 2 is 2.00 bits per heavy atom. The van der Waals surface area contributed by atoms with Crippen molar-refractivity contribution in [3.8, 4) is 0 Å². The number of hydrogen-bond acceptors (Lipinski definition) is 4. The quantitative estimate of drug-likeness (QED) is 0.780. The smallest absolute Gasteiger partial charge is 0.343 e. The fourth-order valence-electron chi connectivity index (χ4n) is 4.39. The van der Waals surface area contributed by atoms with E-state index < -0.39 is 17.2 Å². The molecular formula is C22H25FN2O4. The van der Waals surface area contributed by atoms with E-state index >= 15 is 4.39 Å². The Bertz CT molecular complexity index is 1040. The molecule has 1 aromatic heterocycles. The second kappa shape index (κ2) is 7.61. The number of hydrogen-bond donors (Lipinski definition) is 1. The maximum absolute atomic E-state index is 15.0. The lowest BCUT2D eigenvalue weighted by molar-refractivity contribution is -0.119. The van der Waals surface area contributed by atoms with Crippen molar-refractivity contribution in [1.29, 1.82) is 0 Å². The second-order valence-electron chi connectivity index (χ2n) is 8.03. The lowest BCUT2D eigenvalue weighted by atomic mass is 9.95. The summed E-state index contributed by atoms with van der Waals surface area (Å²) in [6, 6.07) is 3.28. The van der Waals surface area contributed by atoms with Gasteiger partial charge in [-0.1, -0.05) is 0 Å². The maximum Gasteiger partial charge on any atom is 0.343 e. The first-order valence-corrected chi connectivity index (χ1v) is 10.2. The number of pyridine rings is 1. The number of ether oxygens (including phenoxy) is 1. The van der Waals surface area contributed by atoms with Crippen molar-refractivity contribution in [1.82, 2.24) is 9.88 Å². The normalized spacial score (nSPS) is 21.3. The number of fused-ring (bicyclic) bond motifs is 1. The van der Waals surface area contributed by atoms with E-state index in [4.69, 9.17) is 4.74 Å². The lowest BCUT2D eigenvalue weighted by Crippen LogP contribution is -2.30. The van der Waals surface area contributed by atoms with Crippen LogP contribution in [0, 0.1) is 5.82 Å². The number of carbonyl (C=O) groups is 2. The van der Waals surface area contributed by atoms with Crippen molar-refractivity contribution in [2.24, 2.45) is 0 Å². The number of esters is 1. The minimum absolute atomic E-state index is 0.0104. The van der Waals surface area contributed by atoms with Crippen molar-refractivity contribution in [3.63, 3.8) is 0 Å². The van der Waals surface area contributed by atoms with Crippen LogP contribution in [0.15, 0.2) is 23.1 Å². The summed E-state index contributed by atoms with van der Waals surface area (Å²) in [4.78, 5) is 36.4. The van der Waals surface area contributed by atoms with Crippen LogP contribution < -0.4 is 10.7 Å². The molecule has 4 rings (SSSR count). The molecule has 2 saturated carbocycles. The van der Waals surface area contributed by atoms with Gasteiger partial charge in [0, 0.05) is 30.6 Å².